The van der Waals surface area contributed by atoms with E-state index < -0.39 is 11.4 Å². The number of nitrogens with zero attached hydrogens (tertiary/aromatic N) is 1. The SMILES string of the molecule is Cc1ccc(F)c2c(=O)[nH]c(CS[C@H]3CC[C@@H](O)CC3)nc12. The quantitative estimate of drug-likeness (QED) is 0.912. The predicted octanol–water partition coefficient (Wildman–Crippen LogP) is 2.91. The molecule has 118 valence electrons. The highest BCUT2D eigenvalue weighted by atomic mass is 32.2. The summed E-state index contributed by atoms with van der Waals surface area (Å²) in [6.45, 7) is 1.83. The van der Waals surface area contributed by atoms with E-state index in [1.54, 1.807) is 17.8 Å². The topological polar surface area (TPSA) is 66.0 Å². The Balaban J connectivity index is 1.80. The lowest BCUT2D eigenvalue weighted by Crippen LogP contribution is -2.20. The van der Waals surface area contributed by atoms with Gasteiger partial charge in [0.25, 0.3) is 5.56 Å². The van der Waals surface area contributed by atoms with Crippen molar-refractivity contribution in [1.29, 1.82) is 0 Å². The number of aliphatic hydroxyl groups excluding tert-OH is 1. The van der Waals surface area contributed by atoms with Gasteiger partial charge in [-0.3, -0.25) is 4.79 Å². The van der Waals surface area contributed by atoms with E-state index in [0.717, 1.165) is 31.2 Å². The van der Waals surface area contributed by atoms with Crippen LogP contribution in [-0.4, -0.2) is 26.4 Å². The smallest absolute Gasteiger partial charge is 0.261 e. The molecule has 1 aromatic heterocycles. The number of aliphatic hydroxyl groups is 1. The second-order valence-corrected chi connectivity index (χ2v) is 7.13. The number of nitrogens with one attached hydrogen (secondary N) is 1. The van der Waals surface area contributed by atoms with Gasteiger partial charge >= 0.3 is 0 Å². The van der Waals surface area contributed by atoms with E-state index in [1.807, 2.05) is 6.92 Å². The number of aromatic amines is 1. The van der Waals surface area contributed by atoms with Crippen LogP contribution in [0.1, 0.15) is 37.1 Å². The van der Waals surface area contributed by atoms with Crippen LogP contribution in [0.5, 0.6) is 0 Å². The third-order valence-electron chi connectivity index (χ3n) is 4.16. The lowest BCUT2D eigenvalue weighted by atomic mass is 9.97. The van der Waals surface area contributed by atoms with Crippen LogP contribution in [0.15, 0.2) is 16.9 Å². The largest absolute Gasteiger partial charge is 0.393 e. The Morgan fingerprint density at radius 3 is 2.82 bits per heavy atom. The summed E-state index contributed by atoms with van der Waals surface area (Å²) in [6, 6.07) is 2.94. The van der Waals surface area contributed by atoms with Gasteiger partial charge in [0.2, 0.25) is 0 Å². The molecule has 1 aliphatic rings. The first kappa shape index (κ1) is 15.5. The molecule has 2 aromatic rings. The van der Waals surface area contributed by atoms with Gasteiger partial charge in [0.15, 0.2) is 0 Å². The summed E-state index contributed by atoms with van der Waals surface area (Å²) in [5, 5.41) is 10.0. The standard InChI is InChI=1S/C16H19FN2O2S/c1-9-2-7-12(17)14-15(9)18-13(19-16(14)21)8-22-11-5-3-10(20)4-6-11/h2,7,10-11,20H,3-6,8H2,1H3,(H,18,19,21)/t10-,11+. The second kappa shape index (κ2) is 6.38. The van der Waals surface area contributed by atoms with Crippen molar-refractivity contribution in [2.24, 2.45) is 0 Å². The molecule has 1 aromatic carbocycles. The maximum atomic E-state index is 13.8. The zero-order valence-electron chi connectivity index (χ0n) is 12.4. The second-order valence-electron chi connectivity index (χ2n) is 5.84. The Hall–Kier alpha value is -1.40. The Kier molecular flexibility index (Phi) is 4.49. The predicted molar refractivity (Wildman–Crippen MR) is 86.6 cm³/mol. The number of thioether (sulfide) groups is 1. The molecule has 0 saturated heterocycles. The van der Waals surface area contributed by atoms with E-state index in [-0.39, 0.29) is 11.5 Å². The fraction of sp³-hybridized carbons (Fsp3) is 0.500. The first-order valence-electron chi connectivity index (χ1n) is 7.52. The summed E-state index contributed by atoms with van der Waals surface area (Å²) in [5.41, 5.74) is 0.828. The fourth-order valence-corrected chi connectivity index (χ4v) is 4.00. The number of fused-ring (bicyclic) bond motifs is 1. The summed E-state index contributed by atoms with van der Waals surface area (Å²) < 4.78 is 13.8. The van der Waals surface area contributed by atoms with Gasteiger partial charge in [-0.25, -0.2) is 9.37 Å². The molecule has 22 heavy (non-hydrogen) atoms. The Morgan fingerprint density at radius 1 is 1.36 bits per heavy atom. The lowest BCUT2D eigenvalue weighted by Gasteiger charge is -2.24. The minimum absolute atomic E-state index is 0.0366. The Morgan fingerprint density at radius 2 is 2.09 bits per heavy atom. The van der Waals surface area contributed by atoms with Crippen molar-refractivity contribution in [1.82, 2.24) is 9.97 Å². The van der Waals surface area contributed by atoms with Gasteiger partial charge in [-0.2, -0.15) is 11.8 Å². The van der Waals surface area contributed by atoms with Gasteiger partial charge in [-0.1, -0.05) is 6.07 Å². The maximum Gasteiger partial charge on any atom is 0.261 e. The average Bonchev–Trinajstić information content (AvgIpc) is 2.50. The summed E-state index contributed by atoms with van der Waals surface area (Å²) in [5.74, 6) is 0.652. The maximum absolute atomic E-state index is 13.8. The molecule has 3 rings (SSSR count). The molecule has 2 N–H and O–H groups in total. The number of aromatic nitrogens is 2. The number of rotatable bonds is 3. The van der Waals surface area contributed by atoms with Crippen LogP contribution in [0.2, 0.25) is 0 Å². The third kappa shape index (κ3) is 3.17. The van der Waals surface area contributed by atoms with Crippen LogP contribution >= 0.6 is 11.8 Å². The molecule has 4 nitrogen and oxygen atoms in total. The van der Waals surface area contributed by atoms with Crippen molar-refractivity contribution in [3.05, 3.63) is 39.7 Å². The minimum Gasteiger partial charge on any atom is -0.393 e. The summed E-state index contributed by atoms with van der Waals surface area (Å²) in [4.78, 5) is 19.2. The molecule has 0 bridgehead atoms. The van der Waals surface area contributed by atoms with Gasteiger partial charge < -0.3 is 10.1 Å². The van der Waals surface area contributed by atoms with Gasteiger partial charge in [-0.05, 0) is 44.2 Å². The Labute approximate surface area is 132 Å². The van der Waals surface area contributed by atoms with Crippen LogP contribution in [0.4, 0.5) is 4.39 Å². The summed E-state index contributed by atoms with van der Waals surface area (Å²) in [7, 11) is 0. The van der Waals surface area contributed by atoms with E-state index in [0.29, 0.717) is 22.3 Å². The van der Waals surface area contributed by atoms with Crippen molar-refractivity contribution in [3.8, 4) is 0 Å². The summed E-state index contributed by atoms with van der Waals surface area (Å²) in [6.07, 6.45) is 3.48. The number of aryl methyl sites for hydroxylation is 1. The van der Waals surface area contributed by atoms with Crippen molar-refractivity contribution in [2.75, 3.05) is 0 Å². The van der Waals surface area contributed by atoms with E-state index in [9.17, 15) is 14.3 Å². The van der Waals surface area contributed by atoms with E-state index in [2.05, 4.69) is 9.97 Å². The van der Waals surface area contributed by atoms with Gasteiger partial charge in [-0.15, -0.1) is 0 Å². The van der Waals surface area contributed by atoms with Crippen molar-refractivity contribution in [3.63, 3.8) is 0 Å². The van der Waals surface area contributed by atoms with Gasteiger partial charge in [0.05, 0.1) is 17.4 Å². The number of halogens is 1. The first-order valence-corrected chi connectivity index (χ1v) is 8.57. The number of hydrogen-bond acceptors (Lipinski definition) is 4. The van der Waals surface area contributed by atoms with E-state index in [1.165, 1.54) is 6.07 Å². The van der Waals surface area contributed by atoms with Crippen LogP contribution in [0.3, 0.4) is 0 Å². The zero-order chi connectivity index (χ0) is 15.7. The molecule has 0 aliphatic heterocycles. The number of H-pyrrole nitrogens is 1. The monoisotopic (exact) mass is 322 g/mol. The molecule has 0 atom stereocenters. The number of hydrogen-bond donors (Lipinski definition) is 2. The Bertz CT molecular complexity index is 739. The van der Waals surface area contributed by atoms with Crippen molar-refractivity contribution < 1.29 is 9.50 Å². The average molecular weight is 322 g/mol. The first-order chi connectivity index (χ1) is 10.5. The molecule has 1 fully saturated rings. The van der Waals surface area contributed by atoms with Crippen LogP contribution in [0, 0.1) is 12.7 Å². The van der Waals surface area contributed by atoms with E-state index in [4.69, 9.17) is 0 Å². The highest BCUT2D eigenvalue weighted by Crippen LogP contribution is 2.30. The van der Waals surface area contributed by atoms with E-state index >= 15 is 0 Å². The molecule has 1 heterocycles. The molecule has 1 saturated carbocycles. The molecule has 0 radical (unpaired) electrons. The fourth-order valence-electron chi connectivity index (χ4n) is 2.86. The highest BCUT2D eigenvalue weighted by molar-refractivity contribution is 7.99. The molecular weight excluding hydrogens is 303 g/mol. The molecule has 1 aliphatic carbocycles. The molecule has 0 unspecified atom stereocenters. The molecule has 6 heteroatoms. The van der Waals surface area contributed by atoms with Crippen LogP contribution < -0.4 is 5.56 Å². The van der Waals surface area contributed by atoms with Crippen molar-refractivity contribution >= 4 is 22.7 Å². The van der Waals surface area contributed by atoms with Gasteiger partial charge in [0, 0.05) is 5.25 Å². The normalized spacial score (nSPS) is 22.1. The third-order valence-corrected chi connectivity index (χ3v) is 5.54. The van der Waals surface area contributed by atoms with Crippen LogP contribution in [-0.2, 0) is 5.75 Å². The van der Waals surface area contributed by atoms with Gasteiger partial charge in [0.1, 0.15) is 17.0 Å². The van der Waals surface area contributed by atoms with Crippen molar-refractivity contribution in [2.45, 2.75) is 49.7 Å². The lowest BCUT2D eigenvalue weighted by molar-refractivity contribution is 0.132. The molecular formula is C16H19FN2O2S. The van der Waals surface area contributed by atoms with Crippen LogP contribution in [0.25, 0.3) is 10.9 Å². The summed E-state index contributed by atoms with van der Waals surface area (Å²) >= 11 is 1.74. The number of benzene rings is 1. The zero-order valence-corrected chi connectivity index (χ0v) is 13.3. The highest BCUT2D eigenvalue weighted by Gasteiger charge is 2.20. The molecule has 0 spiro atoms. The minimum atomic E-state index is -0.533. The molecule has 0 amide bonds.